The summed E-state index contributed by atoms with van der Waals surface area (Å²) >= 11 is 1.37. The van der Waals surface area contributed by atoms with Crippen LogP contribution in [0.15, 0.2) is 12.4 Å². The molecule has 5 nitrogen and oxygen atoms in total. The first kappa shape index (κ1) is 12.2. The molecule has 0 radical (unpaired) electrons. The fourth-order valence-electron chi connectivity index (χ4n) is 1.67. The van der Waals surface area contributed by atoms with E-state index in [4.69, 9.17) is 5.73 Å². The fraction of sp³-hybridized carbons (Fsp3) is 0.545. The molecule has 0 fully saturated rings. The molecule has 2 aromatic heterocycles. The molecule has 0 aromatic carbocycles. The van der Waals surface area contributed by atoms with Gasteiger partial charge in [0.25, 0.3) is 0 Å². The van der Waals surface area contributed by atoms with E-state index in [0.717, 1.165) is 16.1 Å². The van der Waals surface area contributed by atoms with Gasteiger partial charge in [0.1, 0.15) is 0 Å². The van der Waals surface area contributed by atoms with Crippen LogP contribution in [0.5, 0.6) is 0 Å². The van der Waals surface area contributed by atoms with Gasteiger partial charge in [0.05, 0.1) is 22.8 Å². The standard InChI is InChI=1S/C11H17N5S/c1-11(2,3)10-9(17-15-14-10)8(12)7-5-13-16(4)6-7/h5-6,8H,12H2,1-4H3. The second-order valence-corrected chi connectivity index (χ2v) is 5.95. The fourth-order valence-corrected chi connectivity index (χ4v) is 2.57. The second kappa shape index (κ2) is 4.19. The van der Waals surface area contributed by atoms with Gasteiger partial charge in [-0.15, -0.1) is 5.10 Å². The molecular weight excluding hydrogens is 234 g/mol. The van der Waals surface area contributed by atoms with Crippen molar-refractivity contribution in [3.63, 3.8) is 0 Å². The van der Waals surface area contributed by atoms with E-state index in [2.05, 4.69) is 35.5 Å². The summed E-state index contributed by atoms with van der Waals surface area (Å²) in [5.74, 6) is 0. The van der Waals surface area contributed by atoms with E-state index in [9.17, 15) is 0 Å². The molecule has 17 heavy (non-hydrogen) atoms. The van der Waals surface area contributed by atoms with E-state index in [1.165, 1.54) is 11.5 Å². The maximum atomic E-state index is 6.25. The highest BCUT2D eigenvalue weighted by Crippen LogP contribution is 2.31. The lowest BCUT2D eigenvalue weighted by molar-refractivity contribution is 0.556. The van der Waals surface area contributed by atoms with Gasteiger partial charge in [-0.25, -0.2) is 0 Å². The van der Waals surface area contributed by atoms with Crippen LogP contribution < -0.4 is 5.73 Å². The van der Waals surface area contributed by atoms with Gasteiger partial charge in [0.15, 0.2) is 0 Å². The third-order valence-corrected chi connectivity index (χ3v) is 3.40. The van der Waals surface area contributed by atoms with E-state index in [1.54, 1.807) is 10.9 Å². The van der Waals surface area contributed by atoms with E-state index < -0.39 is 0 Å². The quantitative estimate of drug-likeness (QED) is 0.880. The van der Waals surface area contributed by atoms with Gasteiger partial charge in [-0.1, -0.05) is 25.3 Å². The maximum absolute atomic E-state index is 6.25. The Morgan fingerprint density at radius 2 is 2.12 bits per heavy atom. The minimum absolute atomic E-state index is 0.0395. The molecule has 0 saturated heterocycles. The molecule has 0 amide bonds. The molecule has 6 heteroatoms. The van der Waals surface area contributed by atoms with Crippen LogP contribution in [0.3, 0.4) is 0 Å². The number of hydrogen-bond donors (Lipinski definition) is 1. The van der Waals surface area contributed by atoms with E-state index in [-0.39, 0.29) is 11.5 Å². The van der Waals surface area contributed by atoms with Crippen LogP contribution in [0.4, 0.5) is 0 Å². The van der Waals surface area contributed by atoms with Gasteiger partial charge >= 0.3 is 0 Å². The number of aromatic nitrogens is 4. The van der Waals surface area contributed by atoms with Crippen LogP contribution in [0.1, 0.15) is 42.9 Å². The Balaban J connectivity index is 2.38. The zero-order valence-corrected chi connectivity index (χ0v) is 11.3. The summed E-state index contributed by atoms with van der Waals surface area (Å²) in [6.07, 6.45) is 3.72. The van der Waals surface area contributed by atoms with Crippen molar-refractivity contribution in [1.29, 1.82) is 0 Å². The molecule has 0 aliphatic rings. The van der Waals surface area contributed by atoms with Crippen LogP contribution in [0, 0.1) is 0 Å². The van der Waals surface area contributed by atoms with Crippen molar-refractivity contribution in [2.75, 3.05) is 0 Å². The average Bonchev–Trinajstić information content (AvgIpc) is 2.83. The average molecular weight is 251 g/mol. The predicted molar refractivity (Wildman–Crippen MR) is 67.8 cm³/mol. The molecule has 2 heterocycles. The van der Waals surface area contributed by atoms with Crippen LogP contribution in [0.2, 0.25) is 0 Å². The first-order valence-electron chi connectivity index (χ1n) is 5.46. The predicted octanol–water partition coefficient (Wildman–Crippen LogP) is 1.62. The summed E-state index contributed by atoms with van der Waals surface area (Å²) in [6, 6.07) is -0.196. The van der Waals surface area contributed by atoms with Crippen molar-refractivity contribution in [1.82, 2.24) is 19.4 Å². The number of nitrogens with zero attached hydrogens (tertiary/aromatic N) is 4. The van der Waals surface area contributed by atoms with Crippen molar-refractivity contribution in [2.45, 2.75) is 32.2 Å². The molecule has 0 aliphatic heterocycles. The number of nitrogens with two attached hydrogens (primary N) is 1. The van der Waals surface area contributed by atoms with Gasteiger partial charge in [0, 0.05) is 24.2 Å². The zero-order valence-electron chi connectivity index (χ0n) is 10.5. The first-order valence-corrected chi connectivity index (χ1v) is 6.24. The Labute approximate surface area is 105 Å². The SMILES string of the molecule is Cn1cc(C(N)c2snnc2C(C)(C)C)cn1. The molecule has 92 valence electrons. The Morgan fingerprint density at radius 1 is 1.41 bits per heavy atom. The topological polar surface area (TPSA) is 69.6 Å². The monoisotopic (exact) mass is 251 g/mol. The summed E-state index contributed by atoms with van der Waals surface area (Å²) in [5, 5.41) is 8.34. The van der Waals surface area contributed by atoms with Gasteiger partial charge in [-0.05, 0) is 11.5 Å². The largest absolute Gasteiger partial charge is 0.319 e. The van der Waals surface area contributed by atoms with Crippen LogP contribution in [-0.4, -0.2) is 19.4 Å². The third kappa shape index (κ3) is 2.37. The van der Waals surface area contributed by atoms with Crippen molar-refractivity contribution in [3.8, 4) is 0 Å². The van der Waals surface area contributed by atoms with Gasteiger partial charge in [-0.3, -0.25) is 4.68 Å². The zero-order chi connectivity index (χ0) is 12.6. The van der Waals surface area contributed by atoms with Crippen molar-refractivity contribution < 1.29 is 0 Å². The summed E-state index contributed by atoms with van der Waals surface area (Å²) < 4.78 is 5.78. The lowest BCUT2D eigenvalue weighted by atomic mass is 9.89. The Kier molecular flexibility index (Phi) is 3.01. The Morgan fingerprint density at radius 3 is 2.65 bits per heavy atom. The van der Waals surface area contributed by atoms with Crippen molar-refractivity contribution in [2.24, 2.45) is 12.8 Å². The molecule has 0 saturated carbocycles. The summed E-state index contributed by atoms with van der Waals surface area (Å²) in [4.78, 5) is 1.02. The molecular formula is C11H17N5S. The maximum Gasteiger partial charge on any atom is 0.0860 e. The smallest absolute Gasteiger partial charge is 0.0860 e. The van der Waals surface area contributed by atoms with Gasteiger partial charge < -0.3 is 5.73 Å². The number of hydrogen-bond acceptors (Lipinski definition) is 5. The Bertz CT molecular complexity index is 508. The summed E-state index contributed by atoms with van der Waals surface area (Å²) in [5.41, 5.74) is 8.17. The molecule has 1 unspecified atom stereocenters. The molecule has 2 N–H and O–H groups in total. The number of rotatable bonds is 2. The van der Waals surface area contributed by atoms with Crippen molar-refractivity contribution >= 4 is 11.5 Å². The van der Waals surface area contributed by atoms with Gasteiger partial charge in [0.2, 0.25) is 0 Å². The lowest BCUT2D eigenvalue weighted by Gasteiger charge is -2.18. The van der Waals surface area contributed by atoms with E-state index in [1.807, 2.05) is 13.2 Å². The summed E-state index contributed by atoms with van der Waals surface area (Å²) in [7, 11) is 1.88. The van der Waals surface area contributed by atoms with Gasteiger partial charge in [-0.2, -0.15) is 5.10 Å². The molecule has 2 rings (SSSR count). The highest BCUT2D eigenvalue weighted by Gasteiger charge is 2.26. The Hall–Kier alpha value is -1.27. The van der Waals surface area contributed by atoms with E-state index >= 15 is 0 Å². The second-order valence-electron chi connectivity index (χ2n) is 5.16. The summed E-state index contributed by atoms with van der Waals surface area (Å²) in [6.45, 7) is 6.34. The lowest BCUT2D eigenvalue weighted by Crippen LogP contribution is -2.19. The van der Waals surface area contributed by atoms with Crippen LogP contribution in [0.25, 0.3) is 0 Å². The molecule has 0 bridgehead atoms. The normalized spacial score (nSPS) is 13.9. The molecule has 0 aliphatic carbocycles. The molecule has 2 aromatic rings. The van der Waals surface area contributed by atoms with Crippen molar-refractivity contribution in [3.05, 3.63) is 28.5 Å². The minimum atomic E-state index is -0.196. The highest BCUT2D eigenvalue weighted by molar-refractivity contribution is 7.05. The molecule has 0 spiro atoms. The third-order valence-electron chi connectivity index (χ3n) is 2.59. The number of aryl methyl sites for hydroxylation is 1. The minimum Gasteiger partial charge on any atom is -0.319 e. The molecule has 1 atom stereocenters. The highest BCUT2D eigenvalue weighted by atomic mass is 32.1. The first-order chi connectivity index (χ1) is 7.89. The van der Waals surface area contributed by atoms with Crippen LogP contribution in [-0.2, 0) is 12.5 Å². The van der Waals surface area contributed by atoms with E-state index in [0.29, 0.717) is 0 Å². The van der Waals surface area contributed by atoms with Crippen LogP contribution >= 0.6 is 11.5 Å².